The molecule has 1 saturated carbocycles. The van der Waals surface area contributed by atoms with Crippen LogP contribution in [0.4, 0.5) is 5.00 Å². The van der Waals surface area contributed by atoms with Gasteiger partial charge in [0, 0.05) is 49.2 Å². The molecule has 3 aliphatic heterocycles. The summed E-state index contributed by atoms with van der Waals surface area (Å²) in [4.78, 5) is 32.8. The average Bonchev–Trinajstić information content (AvgIpc) is 3.45. The molecular weight excluding hydrogens is 585 g/mol. The number of carbonyl (C=O) groups is 2. The molecule has 2 atom stereocenters. The molecule has 3 fully saturated rings. The maximum absolute atomic E-state index is 13.7. The molecule has 2 bridgehead atoms. The molecule has 11 heteroatoms. The molecule has 1 N–H and O–H groups in total. The number of nitrogens with one attached hydrogen (secondary N) is 1. The Morgan fingerprint density at radius 2 is 1.79 bits per heavy atom. The van der Waals surface area contributed by atoms with E-state index in [1.807, 2.05) is 4.90 Å². The van der Waals surface area contributed by atoms with Crippen molar-refractivity contribution in [1.82, 2.24) is 14.1 Å². The van der Waals surface area contributed by atoms with Gasteiger partial charge in [0.2, 0.25) is 10.0 Å². The monoisotopic (exact) mass is 628 g/mol. The molecule has 1 aromatic heterocycles. The molecule has 6 rings (SSSR count). The molecule has 4 aliphatic rings. The third-order valence-electron chi connectivity index (χ3n) is 9.50. The summed E-state index contributed by atoms with van der Waals surface area (Å²) in [5.41, 5.74) is 2.10. The van der Waals surface area contributed by atoms with Crippen molar-refractivity contribution in [2.75, 3.05) is 51.3 Å². The number of benzene rings is 1. The number of sulfonamides is 1. The first kappa shape index (κ1) is 30.7. The van der Waals surface area contributed by atoms with E-state index in [0.29, 0.717) is 49.0 Å². The Labute approximate surface area is 259 Å². The first-order chi connectivity index (χ1) is 20.4. The quantitative estimate of drug-likeness (QED) is 0.472. The standard InChI is InChI=1S/C32H44N4O5S2/c1-5-11-34-12-10-25-26(19-34)42-29(27(25)30(38)35-13-15-41-16-14-35)33-28(37)22-6-8-24(9-7-22)43(39,40)36-21-32(4)18-23(36)17-31(2,3)20-32/h6-9,23H,5,10-21H2,1-4H3,(H,33,37). The number of rotatable bonds is 7. The van der Waals surface area contributed by atoms with Crippen molar-refractivity contribution in [1.29, 1.82) is 0 Å². The minimum atomic E-state index is -3.69. The second-order valence-corrected chi connectivity index (χ2v) is 16.9. The van der Waals surface area contributed by atoms with Crippen LogP contribution in [0.3, 0.4) is 0 Å². The van der Waals surface area contributed by atoms with Crippen molar-refractivity contribution < 1.29 is 22.7 Å². The minimum Gasteiger partial charge on any atom is -0.378 e. The largest absolute Gasteiger partial charge is 0.378 e. The highest BCUT2D eigenvalue weighted by atomic mass is 32.2. The SMILES string of the molecule is CCCN1CCc2c(sc(NC(=O)c3ccc(S(=O)(=O)N4CC5(C)CC4CC(C)(C)C5)cc3)c2C(=O)N2CCOCC2)C1. The summed E-state index contributed by atoms with van der Waals surface area (Å²) in [7, 11) is -3.69. The molecular formula is C32H44N4O5S2. The van der Waals surface area contributed by atoms with Gasteiger partial charge in [-0.1, -0.05) is 27.7 Å². The third-order valence-corrected chi connectivity index (χ3v) is 12.5. The Morgan fingerprint density at radius 1 is 1.07 bits per heavy atom. The van der Waals surface area contributed by atoms with Crippen LogP contribution in [0.5, 0.6) is 0 Å². The zero-order valence-electron chi connectivity index (χ0n) is 25.8. The normalized spacial score (nSPS) is 25.9. The predicted octanol–water partition coefficient (Wildman–Crippen LogP) is 4.83. The Bertz CT molecular complexity index is 1500. The lowest BCUT2D eigenvalue weighted by Crippen LogP contribution is -2.41. The highest BCUT2D eigenvalue weighted by Crippen LogP contribution is 2.53. The lowest BCUT2D eigenvalue weighted by atomic mass is 9.65. The van der Waals surface area contributed by atoms with Crippen molar-refractivity contribution in [3.05, 3.63) is 45.8 Å². The van der Waals surface area contributed by atoms with Gasteiger partial charge in [0.1, 0.15) is 5.00 Å². The number of hydrogen-bond donors (Lipinski definition) is 1. The Kier molecular flexibility index (Phi) is 8.25. The summed E-state index contributed by atoms with van der Waals surface area (Å²) in [6, 6.07) is 6.25. The van der Waals surface area contributed by atoms with Crippen LogP contribution in [0.25, 0.3) is 0 Å². The van der Waals surface area contributed by atoms with E-state index in [1.54, 1.807) is 28.6 Å². The van der Waals surface area contributed by atoms with Crippen LogP contribution in [0.1, 0.15) is 84.5 Å². The van der Waals surface area contributed by atoms with Crippen molar-refractivity contribution in [3.63, 3.8) is 0 Å². The van der Waals surface area contributed by atoms with Gasteiger partial charge in [0.05, 0.1) is 23.7 Å². The number of morpholine rings is 1. The molecule has 2 unspecified atom stereocenters. The Morgan fingerprint density at radius 3 is 2.49 bits per heavy atom. The fourth-order valence-corrected chi connectivity index (χ4v) is 11.0. The fourth-order valence-electron chi connectivity index (χ4n) is 7.98. The zero-order valence-corrected chi connectivity index (χ0v) is 27.4. The van der Waals surface area contributed by atoms with Crippen molar-refractivity contribution >= 4 is 38.2 Å². The third kappa shape index (κ3) is 6.03. The van der Waals surface area contributed by atoms with E-state index in [4.69, 9.17) is 4.74 Å². The maximum atomic E-state index is 13.7. The molecule has 43 heavy (non-hydrogen) atoms. The highest BCUT2D eigenvalue weighted by Gasteiger charge is 2.53. The van der Waals surface area contributed by atoms with Gasteiger partial charge in [0.15, 0.2) is 0 Å². The Balaban J connectivity index is 1.23. The number of nitrogens with zero attached hydrogens (tertiary/aromatic N) is 3. The van der Waals surface area contributed by atoms with Crippen molar-refractivity contribution in [2.45, 2.75) is 77.3 Å². The molecule has 2 saturated heterocycles. The number of hydrogen-bond acceptors (Lipinski definition) is 7. The van der Waals surface area contributed by atoms with Crippen LogP contribution in [0, 0.1) is 10.8 Å². The van der Waals surface area contributed by atoms with Crippen molar-refractivity contribution in [3.8, 4) is 0 Å². The predicted molar refractivity (Wildman–Crippen MR) is 168 cm³/mol. The second-order valence-electron chi connectivity index (χ2n) is 13.9. The van der Waals surface area contributed by atoms with Crippen LogP contribution in [0.15, 0.2) is 29.2 Å². The number of anilines is 1. The van der Waals surface area contributed by atoms with Gasteiger partial charge < -0.3 is 15.0 Å². The number of fused-ring (bicyclic) bond motifs is 3. The zero-order chi connectivity index (χ0) is 30.6. The van der Waals surface area contributed by atoms with Crippen LogP contribution >= 0.6 is 11.3 Å². The van der Waals surface area contributed by atoms with E-state index in [2.05, 4.69) is 37.9 Å². The fraction of sp³-hybridized carbons (Fsp3) is 0.625. The van der Waals surface area contributed by atoms with Crippen LogP contribution in [-0.4, -0.2) is 86.3 Å². The van der Waals surface area contributed by atoms with Crippen LogP contribution in [0.2, 0.25) is 0 Å². The van der Waals surface area contributed by atoms with E-state index < -0.39 is 10.0 Å². The molecule has 1 aromatic carbocycles. The lowest BCUT2D eigenvalue weighted by Gasteiger charge is -2.39. The average molecular weight is 629 g/mol. The molecule has 9 nitrogen and oxygen atoms in total. The second kappa shape index (κ2) is 11.6. The lowest BCUT2D eigenvalue weighted by molar-refractivity contribution is 0.0302. The number of carbonyl (C=O) groups excluding carboxylic acids is 2. The summed E-state index contributed by atoms with van der Waals surface area (Å²) in [6.07, 6.45) is 4.59. The Hall–Kier alpha value is -2.31. The van der Waals surface area contributed by atoms with Gasteiger partial charge in [-0.3, -0.25) is 14.5 Å². The number of ether oxygens (including phenoxy) is 1. The molecule has 2 aromatic rings. The van der Waals surface area contributed by atoms with Gasteiger partial charge >= 0.3 is 0 Å². The van der Waals surface area contributed by atoms with E-state index in [0.717, 1.165) is 62.2 Å². The summed E-state index contributed by atoms with van der Waals surface area (Å²) in [5, 5.41) is 3.60. The van der Waals surface area contributed by atoms with E-state index in [1.165, 1.54) is 11.3 Å². The number of thiophene rings is 1. The van der Waals surface area contributed by atoms with E-state index in [-0.39, 0.29) is 33.6 Å². The molecule has 4 heterocycles. The van der Waals surface area contributed by atoms with Crippen molar-refractivity contribution in [2.24, 2.45) is 10.8 Å². The van der Waals surface area contributed by atoms with Gasteiger partial charge in [-0.05, 0) is 79.3 Å². The maximum Gasteiger partial charge on any atom is 0.257 e. The van der Waals surface area contributed by atoms with Gasteiger partial charge in [-0.25, -0.2) is 8.42 Å². The molecule has 1 aliphatic carbocycles. The summed E-state index contributed by atoms with van der Waals surface area (Å²) in [6.45, 7) is 14.1. The highest BCUT2D eigenvalue weighted by molar-refractivity contribution is 7.89. The molecule has 234 valence electrons. The first-order valence-corrected chi connectivity index (χ1v) is 17.8. The summed E-state index contributed by atoms with van der Waals surface area (Å²) in [5.74, 6) is -0.413. The molecule has 2 amide bonds. The topological polar surface area (TPSA) is 99.3 Å². The summed E-state index contributed by atoms with van der Waals surface area (Å²) >= 11 is 1.48. The van der Waals surface area contributed by atoms with Gasteiger partial charge in [0.25, 0.3) is 11.8 Å². The smallest absolute Gasteiger partial charge is 0.257 e. The van der Waals surface area contributed by atoms with Crippen LogP contribution in [-0.2, 0) is 27.7 Å². The summed E-state index contributed by atoms with van der Waals surface area (Å²) < 4.78 is 34.6. The van der Waals surface area contributed by atoms with Gasteiger partial charge in [-0.15, -0.1) is 11.3 Å². The van der Waals surface area contributed by atoms with Gasteiger partial charge in [-0.2, -0.15) is 4.31 Å². The minimum absolute atomic E-state index is 0.00209. The molecule has 0 spiro atoms. The first-order valence-electron chi connectivity index (χ1n) is 15.6. The van der Waals surface area contributed by atoms with E-state index >= 15 is 0 Å². The molecule has 0 radical (unpaired) electrons. The van der Waals surface area contributed by atoms with E-state index in [9.17, 15) is 18.0 Å². The van der Waals surface area contributed by atoms with Crippen LogP contribution < -0.4 is 5.32 Å². The number of amides is 2.